The molecule has 0 bridgehead atoms. The summed E-state index contributed by atoms with van der Waals surface area (Å²) < 4.78 is 0. The van der Waals surface area contributed by atoms with Crippen molar-refractivity contribution in [2.24, 2.45) is 5.73 Å². The molecule has 0 saturated carbocycles. The molecule has 0 aliphatic rings. The van der Waals surface area contributed by atoms with E-state index in [1.807, 2.05) is 18.2 Å². The molecular weight excluding hydrogens is 164 g/mol. The van der Waals surface area contributed by atoms with Crippen LogP contribution in [0.5, 0.6) is 0 Å². The molecule has 0 amide bonds. The van der Waals surface area contributed by atoms with Crippen LogP contribution in [0.15, 0.2) is 35.3 Å². The smallest absolute Gasteiger partial charge is 0.248 e. The van der Waals surface area contributed by atoms with E-state index in [-0.39, 0.29) is 5.56 Å². The zero-order valence-electron chi connectivity index (χ0n) is 7.08. The molecule has 0 aliphatic heterocycles. The first kappa shape index (κ1) is 8.01. The number of nitrogens with two attached hydrogens (primary N) is 1. The number of H-pyrrole nitrogens is 1. The Balaban J connectivity index is 2.87. The Hall–Kier alpha value is -1.61. The second-order valence-corrected chi connectivity index (χ2v) is 2.92. The maximum absolute atomic E-state index is 11.1. The molecule has 0 radical (unpaired) electrons. The summed E-state index contributed by atoms with van der Waals surface area (Å²) in [5.74, 6) is 0. The van der Waals surface area contributed by atoms with Crippen LogP contribution < -0.4 is 11.3 Å². The van der Waals surface area contributed by atoms with Crippen LogP contribution in [0.4, 0.5) is 0 Å². The van der Waals surface area contributed by atoms with Crippen molar-refractivity contribution < 1.29 is 0 Å². The Bertz CT molecular complexity index is 487. The molecule has 3 nitrogen and oxygen atoms in total. The van der Waals surface area contributed by atoms with Crippen molar-refractivity contribution in [2.75, 3.05) is 0 Å². The Morgan fingerprint density at radius 3 is 3.00 bits per heavy atom. The van der Waals surface area contributed by atoms with Crippen molar-refractivity contribution in [3.63, 3.8) is 0 Å². The molecule has 2 rings (SSSR count). The van der Waals surface area contributed by atoms with Gasteiger partial charge in [0.05, 0.1) is 0 Å². The zero-order valence-corrected chi connectivity index (χ0v) is 7.08. The summed E-state index contributed by atoms with van der Waals surface area (Å²) in [4.78, 5) is 13.7. The van der Waals surface area contributed by atoms with Crippen LogP contribution in [0.2, 0.25) is 0 Å². The summed E-state index contributed by atoms with van der Waals surface area (Å²) >= 11 is 0. The lowest BCUT2D eigenvalue weighted by atomic mass is 10.1. The first-order chi connectivity index (χ1) is 6.31. The lowest BCUT2D eigenvalue weighted by Crippen LogP contribution is -2.04. The highest BCUT2D eigenvalue weighted by atomic mass is 16.1. The number of aromatic amines is 1. The van der Waals surface area contributed by atoms with Crippen LogP contribution in [0.3, 0.4) is 0 Å². The number of rotatable bonds is 1. The number of hydrogen-bond donors (Lipinski definition) is 2. The Kier molecular flexibility index (Phi) is 1.87. The van der Waals surface area contributed by atoms with Crippen LogP contribution in [0.25, 0.3) is 10.8 Å². The third-order valence-electron chi connectivity index (χ3n) is 2.10. The lowest BCUT2D eigenvalue weighted by molar-refractivity contribution is 1.08. The number of benzene rings is 1. The van der Waals surface area contributed by atoms with E-state index < -0.39 is 0 Å². The van der Waals surface area contributed by atoms with E-state index >= 15 is 0 Å². The average molecular weight is 174 g/mol. The largest absolute Gasteiger partial charge is 0.328 e. The number of pyridine rings is 1. The van der Waals surface area contributed by atoms with Gasteiger partial charge in [0.15, 0.2) is 0 Å². The summed E-state index contributed by atoms with van der Waals surface area (Å²) in [6.07, 6.45) is 1.71. The summed E-state index contributed by atoms with van der Waals surface area (Å²) in [7, 11) is 0. The molecule has 0 saturated heterocycles. The van der Waals surface area contributed by atoms with Gasteiger partial charge in [-0.05, 0) is 16.3 Å². The zero-order chi connectivity index (χ0) is 9.26. The maximum Gasteiger partial charge on any atom is 0.248 e. The molecule has 1 aromatic heterocycles. The molecule has 3 heteroatoms. The van der Waals surface area contributed by atoms with Gasteiger partial charge >= 0.3 is 0 Å². The van der Waals surface area contributed by atoms with Gasteiger partial charge < -0.3 is 10.7 Å². The van der Waals surface area contributed by atoms with Crippen LogP contribution in [0, 0.1) is 0 Å². The summed E-state index contributed by atoms with van der Waals surface area (Å²) in [5, 5.41) is 1.95. The molecule has 0 aliphatic carbocycles. The van der Waals surface area contributed by atoms with Gasteiger partial charge in [0, 0.05) is 18.8 Å². The molecule has 0 atom stereocenters. The number of aromatic nitrogens is 1. The monoisotopic (exact) mass is 174 g/mol. The van der Waals surface area contributed by atoms with Gasteiger partial charge in [-0.2, -0.15) is 0 Å². The highest BCUT2D eigenvalue weighted by molar-refractivity contribution is 5.84. The topological polar surface area (TPSA) is 58.9 Å². The van der Waals surface area contributed by atoms with Gasteiger partial charge in [-0.25, -0.2) is 0 Å². The molecule has 66 valence electrons. The van der Waals surface area contributed by atoms with Crippen LogP contribution in [0.1, 0.15) is 5.56 Å². The number of fused-ring (bicyclic) bond motifs is 1. The normalized spacial score (nSPS) is 10.5. The first-order valence-electron chi connectivity index (χ1n) is 4.11. The van der Waals surface area contributed by atoms with Gasteiger partial charge in [-0.1, -0.05) is 18.2 Å². The van der Waals surface area contributed by atoms with Crippen molar-refractivity contribution in [1.82, 2.24) is 4.98 Å². The quantitative estimate of drug-likeness (QED) is 0.677. The van der Waals surface area contributed by atoms with Gasteiger partial charge in [-0.3, -0.25) is 4.79 Å². The summed E-state index contributed by atoms with van der Waals surface area (Å²) in [6.45, 7) is 0.459. The summed E-state index contributed by atoms with van der Waals surface area (Å²) in [6, 6.07) is 7.40. The van der Waals surface area contributed by atoms with E-state index in [0.717, 1.165) is 16.3 Å². The minimum atomic E-state index is -0.0894. The Morgan fingerprint density at radius 2 is 2.23 bits per heavy atom. The molecular formula is C10H10N2O. The van der Waals surface area contributed by atoms with Crippen molar-refractivity contribution in [2.45, 2.75) is 6.54 Å². The molecule has 0 unspecified atom stereocenters. The minimum absolute atomic E-state index is 0.0894. The predicted octanol–water partition coefficient (Wildman–Crippen LogP) is 0.987. The maximum atomic E-state index is 11.1. The first-order valence-corrected chi connectivity index (χ1v) is 4.11. The van der Waals surface area contributed by atoms with E-state index in [9.17, 15) is 4.79 Å². The van der Waals surface area contributed by atoms with Gasteiger partial charge in [-0.15, -0.1) is 0 Å². The fraction of sp³-hybridized carbons (Fsp3) is 0.100. The lowest BCUT2D eigenvalue weighted by Gasteiger charge is -2.01. The molecule has 2 aromatic rings. The highest BCUT2D eigenvalue weighted by Crippen LogP contribution is 2.14. The summed E-state index contributed by atoms with van der Waals surface area (Å²) in [5.41, 5.74) is 6.47. The second kappa shape index (κ2) is 3.03. The number of nitrogens with one attached hydrogen (secondary N) is 1. The number of hydrogen-bond acceptors (Lipinski definition) is 2. The van der Waals surface area contributed by atoms with Crippen LogP contribution >= 0.6 is 0 Å². The third kappa shape index (κ3) is 1.34. The fourth-order valence-corrected chi connectivity index (χ4v) is 1.43. The standard InChI is InChI=1S/C10H10N2O/c11-5-7-2-1-3-8-6-12-10(13)4-9(7)8/h1-4,6H,5,11H2,(H,12,13). The SMILES string of the molecule is NCc1cccc2c[nH]c(=O)cc12. The van der Waals surface area contributed by atoms with Crippen LogP contribution in [-0.4, -0.2) is 4.98 Å². The van der Waals surface area contributed by atoms with Crippen molar-refractivity contribution >= 4 is 10.8 Å². The van der Waals surface area contributed by atoms with Gasteiger partial charge in [0.2, 0.25) is 5.56 Å². The van der Waals surface area contributed by atoms with Gasteiger partial charge in [0.25, 0.3) is 0 Å². The van der Waals surface area contributed by atoms with Crippen molar-refractivity contribution in [3.05, 3.63) is 46.4 Å². The fourth-order valence-electron chi connectivity index (χ4n) is 1.43. The average Bonchev–Trinajstić information content (AvgIpc) is 2.17. The molecule has 0 spiro atoms. The van der Waals surface area contributed by atoms with Crippen molar-refractivity contribution in [3.8, 4) is 0 Å². The van der Waals surface area contributed by atoms with E-state index in [4.69, 9.17) is 5.73 Å². The van der Waals surface area contributed by atoms with E-state index in [1.165, 1.54) is 0 Å². The second-order valence-electron chi connectivity index (χ2n) is 2.92. The molecule has 13 heavy (non-hydrogen) atoms. The van der Waals surface area contributed by atoms with Crippen LogP contribution in [-0.2, 0) is 6.54 Å². The highest BCUT2D eigenvalue weighted by Gasteiger charge is 1.98. The predicted molar refractivity (Wildman–Crippen MR) is 52.5 cm³/mol. The molecule has 0 fully saturated rings. The molecule has 1 aromatic carbocycles. The van der Waals surface area contributed by atoms with E-state index in [2.05, 4.69) is 4.98 Å². The van der Waals surface area contributed by atoms with E-state index in [0.29, 0.717) is 6.54 Å². The van der Waals surface area contributed by atoms with Gasteiger partial charge in [0.1, 0.15) is 0 Å². The van der Waals surface area contributed by atoms with E-state index in [1.54, 1.807) is 12.3 Å². The minimum Gasteiger partial charge on any atom is -0.328 e. The Labute approximate surface area is 75.2 Å². The third-order valence-corrected chi connectivity index (χ3v) is 2.10. The van der Waals surface area contributed by atoms with Crippen molar-refractivity contribution in [1.29, 1.82) is 0 Å². The Morgan fingerprint density at radius 1 is 1.38 bits per heavy atom. The molecule has 1 heterocycles. The molecule has 3 N–H and O–H groups in total.